The second-order valence-electron chi connectivity index (χ2n) is 5.91. The topological polar surface area (TPSA) is 58.6 Å². The molecule has 1 aliphatic heterocycles. The highest BCUT2D eigenvalue weighted by Crippen LogP contribution is 2.26. The van der Waals surface area contributed by atoms with E-state index >= 15 is 0 Å². The minimum atomic E-state index is -0.933. The summed E-state index contributed by atoms with van der Waals surface area (Å²) >= 11 is 0. The molecule has 0 unspecified atom stereocenters. The van der Waals surface area contributed by atoms with Gasteiger partial charge in [-0.15, -0.1) is 0 Å². The zero-order valence-corrected chi connectivity index (χ0v) is 13.3. The van der Waals surface area contributed by atoms with Crippen molar-refractivity contribution in [2.24, 2.45) is 0 Å². The summed E-state index contributed by atoms with van der Waals surface area (Å²) in [5, 5.41) is 12.1. The van der Waals surface area contributed by atoms with E-state index in [9.17, 15) is 9.18 Å². The standard InChI is InChI=1S/C19H20FNO3/c20-17-11-15(8-6-13(17)7-9-19(22)23)24-12-14-3-1-5-18-16(14)4-2-10-21-18/h1,3,5-6,8,11,21H,2,4,7,9-10,12H2,(H,22,23). The summed E-state index contributed by atoms with van der Waals surface area (Å²) in [4.78, 5) is 10.6. The number of ether oxygens (including phenoxy) is 1. The van der Waals surface area contributed by atoms with Gasteiger partial charge < -0.3 is 15.2 Å². The molecule has 0 aromatic heterocycles. The van der Waals surface area contributed by atoms with Crippen molar-refractivity contribution in [2.75, 3.05) is 11.9 Å². The fourth-order valence-corrected chi connectivity index (χ4v) is 2.94. The maximum Gasteiger partial charge on any atom is 0.303 e. The maximum absolute atomic E-state index is 14.0. The number of benzene rings is 2. The van der Waals surface area contributed by atoms with Crippen molar-refractivity contribution < 1.29 is 19.0 Å². The molecule has 0 bridgehead atoms. The third-order valence-electron chi connectivity index (χ3n) is 4.22. The Morgan fingerprint density at radius 2 is 2.12 bits per heavy atom. The van der Waals surface area contributed by atoms with Crippen LogP contribution in [0, 0.1) is 5.82 Å². The highest BCUT2D eigenvalue weighted by molar-refractivity contribution is 5.67. The van der Waals surface area contributed by atoms with Gasteiger partial charge in [-0.2, -0.15) is 0 Å². The summed E-state index contributed by atoms with van der Waals surface area (Å²) in [5.74, 6) is -0.907. The van der Waals surface area contributed by atoms with E-state index in [1.54, 1.807) is 12.1 Å². The van der Waals surface area contributed by atoms with Gasteiger partial charge in [0.1, 0.15) is 18.2 Å². The molecule has 0 spiro atoms. The van der Waals surface area contributed by atoms with Gasteiger partial charge in [0.2, 0.25) is 0 Å². The molecule has 0 saturated heterocycles. The molecular formula is C19H20FNO3. The minimum absolute atomic E-state index is 0.0831. The lowest BCUT2D eigenvalue weighted by Crippen LogP contribution is -2.14. The Labute approximate surface area is 140 Å². The lowest BCUT2D eigenvalue weighted by molar-refractivity contribution is -0.136. The SMILES string of the molecule is O=C(O)CCc1ccc(OCc2cccc3c2CCCN3)cc1F. The molecule has 0 radical (unpaired) electrons. The van der Waals surface area contributed by atoms with Gasteiger partial charge in [0.25, 0.3) is 0 Å². The van der Waals surface area contributed by atoms with Crippen LogP contribution in [0.4, 0.5) is 10.1 Å². The minimum Gasteiger partial charge on any atom is -0.489 e. The number of aliphatic carboxylic acids is 1. The van der Waals surface area contributed by atoms with E-state index in [0.717, 1.165) is 30.6 Å². The van der Waals surface area contributed by atoms with Crippen LogP contribution in [0.1, 0.15) is 29.5 Å². The molecule has 2 N–H and O–H groups in total. The first-order valence-electron chi connectivity index (χ1n) is 8.11. The summed E-state index contributed by atoms with van der Waals surface area (Å²) in [6.07, 6.45) is 2.21. The first-order chi connectivity index (χ1) is 11.6. The third kappa shape index (κ3) is 3.85. The zero-order chi connectivity index (χ0) is 16.9. The number of hydrogen-bond donors (Lipinski definition) is 2. The van der Waals surface area contributed by atoms with Gasteiger partial charge in [0, 0.05) is 24.7 Å². The van der Waals surface area contributed by atoms with E-state index in [1.807, 2.05) is 12.1 Å². The molecule has 0 fully saturated rings. The molecule has 126 valence electrons. The van der Waals surface area contributed by atoms with Crippen LogP contribution >= 0.6 is 0 Å². The Bertz CT molecular complexity index is 745. The highest BCUT2D eigenvalue weighted by Gasteiger charge is 2.13. The van der Waals surface area contributed by atoms with Crippen molar-refractivity contribution in [2.45, 2.75) is 32.3 Å². The lowest BCUT2D eigenvalue weighted by atomic mass is 9.98. The van der Waals surface area contributed by atoms with E-state index in [0.29, 0.717) is 17.9 Å². The molecule has 1 heterocycles. The Hall–Kier alpha value is -2.56. The maximum atomic E-state index is 14.0. The van der Waals surface area contributed by atoms with Gasteiger partial charge in [0.05, 0.1) is 0 Å². The fourth-order valence-electron chi connectivity index (χ4n) is 2.94. The number of rotatable bonds is 6. The van der Waals surface area contributed by atoms with Crippen molar-refractivity contribution in [3.05, 3.63) is 58.9 Å². The molecule has 1 aliphatic rings. The molecule has 5 heteroatoms. The monoisotopic (exact) mass is 329 g/mol. The van der Waals surface area contributed by atoms with Crippen LogP contribution in [0.5, 0.6) is 5.75 Å². The van der Waals surface area contributed by atoms with Crippen LogP contribution in [0.15, 0.2) is 36.4 Å². The van der Waals surface area contributed by atoms with E-state index < -0.39 is 11.8 Å². The number of aryl methyl sites for hydroxylation is 1. The summed E-state index contributed by atoms with van der Waals surface area (Å²) in [7, 11) is 0. The Morgan fingerprint density at radius 3 is 2.92 bits per heavy atom. The highest BCUT2D eigenvalue weighted by atomic mass is 19.1. The van der Waals surface area contributed by atoms with Crippen LogP contribution in [0.25, 0.3) is 0 Å². The van der Waals surface area contributed by atoms with Gasteiger partial charge in [-0.05, 0) is 48.1 Å². The summed E-state index contributed by atoms with van der Waals surface area (Å²) in [5.41, 5.74) is 3.92. The Balaban J connectivity index is 1.67. The van der Waals surface area contributed by atoms with Crippen LogP contribution in [0.2, 0.25) is 0 Å². The van der Waals surface area contributed by atoms with Crippen molar-refractivity contribution in [3.8, 4) is 5.75 Å². The molecular weight excluding hydrogens is 309 g/mol. The number of carboxylic acids is 1. The largest absolute Gasteiger partial charge is 0.489 e. The molecule has 2 aromatic rings. The summed E-state index contributed by atoms with van der Waals surface area (Å²) < 4.78 is 19.8. The van der Waals surface area contributed by atoms with Crippen LogP contribution in [-0.4, -0.2) is 17.6 Å². The van der Waals surface area contributed by atoms with Crippen molar-refractivity contribution in [1.82, 2.24) is 0 Å². The molecule has 2 aromatic carbocycles. The van der Waals surface area contributed by atoms with Gasteiger partial charge >= 0.3 is 5.97 Å². The quantitative estimate of drug-likeness (QED) is 0.847. The molecule has 3 rings (SSSR count). The Morgan fingerprint density at radius 1 is 1.25 bits per heavy atom. The molecule has 0 aliphatic carbocycles. The van der Waals surface area contributed by atoms with Gasteiger partial charge in [-0.25, -0.2) is 4.39 Å². The first kappa shape index (κ1) is 16.3. The predicted molar refractivity (Wildman–Crippen MR) is 89.9 cm³/mol. The van der Waals surface area contributed by atoms with Crippen LogP contribution in [0.3, 0.4) is 0 Å². The van der Waals surface area contributed by atoms with Crippen molar-refractivity contribution in [3.63, 3.8) is 0 Å². The number of halogens is 1. The van der Waals surface area contributed by atoms with E-state index in [4.69, 9.17) is 9.84 Å². The van der Waals surface area contributed by atoms with Gasteiger partial charge in [0.15, 0.2) is 0 Å². The van der Waals surface area contributed by atoms with Gasteiger partial charge in [-0.1, -0.05) is 18.2 Å². The number of hydrogen-bond acceptors (Lipinski definition) is 3. The second-order valence-corrected chi connectivity index (χ2v) is 5.91. The van der Waals surface area contributed by atoms with Crippen molar-refractivity contribution >= 4 is 11.7 Å². The van der Waals surface area contributed by atoms with Gasteiger partial charge in [-0.3, -0.25) is 4.79 Å². The second kappa shape index (κ2) is 7.34. The Kier molecular flexibility index (Phi) is 4.99. The van der Waals surface area contributed by atoms with E-state index in [2.05, 4.69) is 11.4 Å². The predicted octanol–water partition coefficient (Wildman–Crippen LogP) is 3.78. The number of fused-ring (bicyclic) bond motifs is 1. The number of carboxylic acid groups (broad SMARTS) is 1. The van der Waals surface area contributed by atoms with Crippen LogP contribution < -0.4 is 10.1 Å². The molecule has 0 saturated carbocycles. The lowest BCUT2D eigenvalue weighted by Gasteiger charge is -2.21. The number of anilines is 1. The third-order valence-corrected chi connectivity index (χ3v) is 4.22. The average Bonchev–Trinajstić information content (AvgIpc) is 2.59. The average molecular weight is 329 g/mol. The summed E-state index contributed by atoms with van der Waals surface area (Å²) in [6, 6.07) is 10.7. The zero-order valence-electron chi connectivity index (χ0n) is 13.3. The number of nitrogens with one attached hydrogen (secondary N) is 1. The molecule has 24 heavy (non-hydrogen) atoms. The fraction of sp³-hybridized carbons (Fsp3) is 0.316. The van der Waals surface area contributed by atoms with Crippen LogP contribution in [-0.2, 0) is 24.2 Å². The number of carbonyl (C=O) groups is 1. The molecule has 0 amide bonds. The van der Waals surface area contributed by atoms with E-state index in [-0.39, 0.29) is 12.8 Å². The first-order valence-corrected chi connectivity index (χ1v) is 8.11. The smallest absolute Gasteiger partial charge is 0.303 e. The summed E-state index contributed by atoms with van der Waals surface area (Å²) in [6.45, 7) is 1.37. The van der Waals surface area contributed by atoms with E-state index in [1.165, 1.54) is 11.6 Å². The molecule has 0 atom stereocenters. The van der Waals surface area contributed by atoms with Crippen molar-refractivity contribution in [1.29, 1.82) is 0 Å². The normalized spacial score (nSPS) is 13.0. The molecule has 4 nitrogen and oxygen atoms in total.